The normalized spacial score (nSPS) is 11.7. The van der Waals surface area contributed by atoms with E-state index in [-0.39, 0.29) is 11.1 Å². The van der Waals surface area contributed by atoms with Crippen LogP contribution in [0.15, 0.2) is 71.8 Å². The zero-order valence-corrected chi connectivity index (χ0v) is 24.0. The topological polar surface area (TPSA) is 94.3 Å². The Morgan fingerprint density at radius 3 is 2.40 bits per heavy atom. The number of unbranched alkanes of at least 4 members (excludes halogenated alkanes) is 1. The third-order valence-electron chi connectivity index (χ3n) is 7.37. The van der Waals surface area contributed by atoms with E-state index in [1.54, 1.807) is 0 Å². The van der Waals surface area contributed by atoms with E-state index < -0.39 is 0 Å². The molecule has 0 amide bonds. The van der Waals surface area contributed by atoms with Crippen molar-refractivity contribution in [2.45, 2.75) is 72.3 Å². The number of para-hydroxylation sites is 1. The monoisotopic (exact) mass is 535 g/mol. The number of rotatable bonds is 9. The molecule has 0 fully saturated rings. The van der Waals surface area contributed by atoms with Gasteiger partial charge in [-0.15, -0.1) is 5.10 Å². The number of imidazole rings is 1. The van der Waals surface area contributed by atoms with Crippen molar-refractivity contribution in [2.24, 2.45) is 0 Å². The van der Waals surface area contributed by atoms with Crippen molar-refractivity contribution >= 4 is 0 Å². The highest BCUT2D eigenvalue weighted by atomic mass is 16.1. The summed E-state index contributed by atoms with van der Waals surface area (Å²) in [6, 6.07) is 18.3. The summed E-state index contributed by atoms with van der Waals surface area (Å²) in [6.45, 7) is 11.4. The van der Waals surface area contributed by atoms with E-state index in [0.29, 0.717) is 12.4 Å². The van der Waals surface area contributed by atoms with E-state index in [1.807, 2.05) is 51.7 Å². The molecule has 8 nitrogen and oxygen atoms in total. The Bertz CT molecular complexity index is 1640. The number of nitrogens with zero attached hydrogens (tertiary/aromatic N) is 6. The van der Waals surface area contributed by atoms with Crippen LogP contribution in [0.1, 0.15) is 69.8 Å². The van der Waals surface area contributed by atoms with Crippen molar-refractivity contribution in [2.75, 3.05) is 0 Å². The van der Waals surface area contributed by atoms with Crippen LogP contribution in [0.4, 0.5) is 0 Å². The number of H-pyrrole nitrogens is 1. The number of benzene rings is 2. The lowest BCUT2D eigenvalue weighted by molar-refractivity contribution is 0.583. The van der Waals surface area contributed by atoms with Gasteiger partial charge in [-0.05, 0) is 57.9 Å². The molecule has 40 heavy (non-hydrogen) atoms. The van der Waals surface area contributed by atoms with Gasteiger partial charge < -0.3 is 0 Å². The van der Waals surface area contributed by atoms with Crippen LogP contribution in [-0.4, -0.2) is 34.7 Å². The molecular weight excluding hydrogens is 498 g/mol. The van der Waals surface area contributed by atoms with Crippen LogP contribution in [0.2, 0.25) is 0 Å². The molecule has 3 aromatic heterocycles. The molecule has 8 heteroatoms. The zero-order valence-electron chi connectivity index (χ0n) is 24.0. The minimum absolute atomic E-state index is 0.00950. The maximum Gasteiger partial charge on any atom is 0.333 e. The van der Waals surface area contributed by atoms with Crippen molar-refractivity contribution in [1.29, 1.82) is 0 Å². The van der Waals surface area contributed by atoms with Crippen LogP contribution in [0.5, 0.6) is 0 Å². The summed E-state index contributed by atoms with van der Waals surface area (Å²) < 4.78 is 3.80. The highest BCUT2D eigenvalue weighted by Gasteiger charge is 2.24. The van der Waals surface area contributed by atoms with E-state index in [9.17, 15) is 4.79 Å². The molecule has 5 rings (SSSR count). The van der Waals surface area contributed by atoms with Gasteiger partial charge in [-0.2, -0.15) is 0 Å². The van der Waals surface area contributed by atoms with Crippen LogP contribution in [0, 0.1) is 0 Å². The van der Waals surface area contributed by atoms with Gasteiger partial charge in [-0.1, -0.05) is 89.6 Å². The summed E-state index contributed by atoms with van der Waals surface area (Å²) in [7, 11) is 0. The van der Waals surface area contributed by atoms with Crippen LogP contribution < -0.4 is 5.69 Å². The molecule has 1 N–H and O–H groups in total. The number of hydrogen-bond donors (Lipinski definition) is 1. The molecule has 2 aromatic carbocycles. The number of aromatic nitrogens is 7. The average Bonchev–Trinajstić information content (AvgIpc) is 3.60. The summed E-state index contributed by atoms with van der Waals surface area (Å²) in [5.41, 5.74) is 7.93. The van der Waals surface area contributed by atoms with Gasteiger partial charge in [0.2, 0.25) is 0 Å². The second-order valence-corrected chi connectivity index (χ2v) is 11.2. The van der Waals surface area contributed by atoms with Crippen LogP contribution in [-0.2, 0) is 24.8 Å². The zero-order chi connectivity index (χ0) is 28.3. The Kier molecular flexibility index (Phi) is 7.78. The molecule has 0 saturated carbocycles. The third kappa shape index (κ3) is 5.39. The van der Waals surface area contributed by atoms with Gasteiger partial charge in [0.1, 0.15) is 0 Å². The minimum Gasteiger partial charge on any atom is -0.292 e. The first kappa shape index (κ1) is 27.2. The van der Waals surface area contributed by atoms with E-state index in [4.69, 9.17) is 4.98 Å². The van der Waals surface area contributed by atoms with E-state index >= 15 is 0 Å². The lowest BCUT2D eigenvalue weighted by Gasteiger charge is -2.25. The van der Waals surface area contributed by atoms with E-state index in [0.717, 1.165) is 59.4 Å². The SMILES string of the molecule is CCCCc1cn(-c2c(CC)cccc2C(C)(C)C)c(=O)n1Cc1ccc(-c2ccccc2-c2nnn[nH]2)nc1. The number of tetrazole rings is 1. The van der Waals surface area contributed by atoms with Gasteiger partial charge in [0.25, 0.3) is 0 Å². The molecule has 206 valence electrons. The highest BCUT2D eigenvalue weighted by molar-refractivity contribution is 5.78. The number of nitrogens with one attached hydrogen (secondary N) is 1. The Morgan fingerprint density at radius 2 is 1.75 bits per heavy atom. The molecule has 0 aliphatic carbocycles. The van der Waals surface area contributed by atoms with Crippen LogP contribution in [0.3, 0.4) is 0 Å². The van der Waals surface area contributed by atoms with Gasteiger partial charge in [0.15, 0.2) is 5.82 Å². The fourth-order valence-electron chi connectivity index (χ4n) is 5.23. The molecule has 0 unspecified atom stereocenters. The van der Waals surface area contributed by atoms with Gasteiger partial charge in [-0.25, -0.2) is 9.89 Å². The molecule has 3 heterocycles. The quantitative estimate of drug-likeness (QED) is 0.245. The Labute approximate surface area is 235 Å². The molecule has 0 atom stereocenters. The molecule has 0 bridgehead atoms. The molecule has 0 aliphatic heterocycles. The Hall–Kier alpha value is -4.33. The second-order valence-electron chi connectivity index (χ2n) is 11.2. The molecule has 0 saturated heterocycles. The lowest BCUT2D eigenvalue weighted by Crippen LogP contribution is -2.27. The first-order valence-corrected chi connectivity index (χ1v) is 14.0. The molecule has 0 aliphatic rings. The Balaban J connectivity index is 1.54. The smallest absolute Gasteiger partial charge is 0.292 e. The maximum absolute atomic E-state index is 14.1. The number of hydrogen-bond acceptors (Lipinski definition) is 5. The summed E-state index contributed by atoms with van der Waals surface area (Å²) in [5, 5.41) is 14.3. The Morgan fingerprint density at radius 1 is 0.950 bits per heavy atom. The molecule has 0 spiro atoms. The standard InChI is InChI=1S/C32H37N7O/c1-6-8-13-24-21-39(29-23(7-2)12-11-16-27(29)32(3,4)5)31(40)38(24)20-22-17-18-28(33-19-22)25-14-9-10-15-26(25)30-34-36-37-35-30/h9-12,14-19,21H,6-8,13,20H2,1-5H3,(H,34,35,36,37). The summed E-state index contributed by atoms with van der Waals surface area (Å²) >= 11 is 0. The van der Waals surface area contributed by atoms with Gasteiger partial charge >= 0.3 is 5.69 Å². The number of pyridine rings is 1. The van der Waals surface area contributed by atoms with Crippen LogP contribution >= 0.6 is 0 Å². The summed E-state index contributed by atoms with van der Waals surface area (Å²) in [5.74, 6) is 0.594. The highest BCUT2D eigenvalue weighted by Crippen LogP contribution is 2.31. The lowest BCUT2D eigenvalue weighted by atomic mass is 9.84. The van der Waals surface area contributed by atoms with Crippen molar-refractivity contribution in [3.63, 3.8) is 0 Å². The number of aryl methyl sites for hydroxylation is 2. The van der Waals surface area contributed by atoms with Crippen molar-refractivity contribution in [3.05, 3.63) is 99.9 Å². The third-order valence-corrected chi connectivity index (χ3v) is 7.37. The molecule has 5 aromatic rings. The molecule has 0 radical (unpaired) electrons. The minimum atomic E-state index is -0.0938. The predicted octanol–water partition coefficient (Wildman–Crippen LogP) is 6.13. The number of aromatic amines is 1. The largest absolute Gasteiger partial charge is 0.333 e. The van der Waals surface area contributed by atoms with E-state index in [2.05, 4.69) is 79.6 Å². The van der Waals surface area contributed by atoms with E-state index in [1.165, 1.54) is 11.1 Å². The average molecular weight is 536 g/mol. The van der Waals surface area contributed by atoms with Crippen molar-refractivity contribution in [3.8, 4) is 28.3 Å². The molecular formula is C32H37N7O. The van der Waals surface area contributed by atoms with Crippen molar-refractivity contribution < 1.29 is 0 Å². The summed E-state index contributed by atoms with van der Waals surface area (Å²) in [6.07, 6.45) is 7.72. The fraction of sp³-hybridized carbons (Fsp3) is 0.344. The first-order valence-electron chi connectivity index (χ1n) is 14.0. The summed E-state index contributed by atoms with van der Waals surface area (Å²) in [4.78, 5) is 18.8. The van der Waals surface area contributed by atoms with Gasteiger partial charge in [-0.3, -0.25) is 14.1 Å². The second kappa shape index (κ2) is 11.4. The first-order chi connectivity index (χ1) is 19.3. The maximum atomic E-state index is 14.1. The van der Waals surface area contributed by atoms with Crippen LogP contribution in [0.25, 0.3) is 28.3 Å². The van der Waals surface area contributed by atoms with Gasteiger partial charge in [0.05, 0.1) is 17.9 Å². The van der Waals surface area contributed by atoms with Crippen molar-refractivity contribution in [1.82, 2.24) is 34.7 Å². The predicted molar refractivity (Wildman–Crippen MR) is 159 cm³/mol. The van der Waals surface area contributed by atoms with Gasteiger partial charge in [0, 0.05) is 29.2 Å². The fourth-order valence-corrected chi connectivity index (χ4v) is 5.23.